The minimum atomic E-state index is -0.0136. The molecular formula is C12H18N2O2. The van der Waals surface area contributed by atoms with Gasteiger partial charge in [0.05, 0.1) is 0 Å². The average molecular weight is 222 g/mol. The van der Waals surface area contributed by atoms with Crippen LogP contribution in [0.25, 0.3) is 0 Å². The molecule has 0 saturated heterocycles. The van der Waals surface area contributed by atoms with E-state index >= 15 is 0 Å². The molecule has 0 radical (unpaired) electrons. The Morgan fingerprint density at radius 2 is 2.25 bits per heavy atom. The van der Waals surface area contributed by atoms with Crippen LogP contribution in [0.4, 0.5) is 11.4 Å². The van der Waals surface area contributed by atoms with Gasteiger partial charge in [0.1, 0.15) is 0 Å². The van der Waals surface area contributed by atoms with Crippen LogP contribution < -0.4 is 11.1 Å². The maximum absolute atomic E-state index is 11.5. The van der Waals surface area contributed by atoms with Crippen molar-refractivity contribution in [2.75, 3.05) is 24.8 Å². The minimum Gasteiger partial charge on any atom is -0.398 e. The molecule has 0 heterocycles. The molecule has 3 N–H and O–H groups in total. The average Bonchev–Trinajstić information content (AvgIpc) is 2.24. The van der Waals surface area contributed by atoms with E-state index in [-0.39, 0.29) is 5.91 Å². The van der Waals surface area contributed by atoms with Gasteiger partial charge in [0.2, 0.25) is 5.91 Å². The molecule has 0 saturated carbocycles. The van der Waals surface area contributed by atoms with E-state index in [9.17, 15) is 4.79 Å². The number of carbonyl (C=O) groups is 1. The zero-order valence-corrected chi connectivity index (χ0v) is 9.75. The number of nitrogens with one attached hydrogen (secondary N) is 1. The number of benzene rings is 1. The Bertz CT molecular complexity index is 364. The standard InChI is InChI=1S/C12H18N2O2/c1-9-5-6-10(8-11(9)13)14-12(15)4-3-7-16-2/h5-6,8H,3-4,7,13H2,1-2H3,(H,14,15). The number of carbonyl (C=O) groups excluding carboxylic acids is 1. The van der Waals surface area contributed by atoms with Gasteiger partial charge in [-0.05, 0) is 31.0 Å². The second-order valence-electron chi connectivity index (χ2n) is 3.72. The molecule has 1 aromatic carbocycles. The van der Waals surface area contributed by atoms with Gasteiger partial charge in [-0.3, -0.25) is 4.79 Å². The Labute approximate surface area is 95.8 Å². The molecular weight excluding hydrogens is 204 g/mol. The molecule has 0 atom stereocenters. The second kappa shape index (κ2) is 6.12. The highest BCUT2D eigenvalue weighted by Gasteiger charge is 2.03. The van der Waals surface area contributed by atoms with Gasteiger partial charge in [0.15, 0.2) is 0 Å². The van der Waals surface area contributed by atoms with Crippen LogP contribution in [0.15, 0.2) is 18.2 Å². The molecule has 4 nitrogen and oxygen atoms in total. The van der Waals surface area contributed by atoms with Crippen molar-refractivity contribution >= 4 is 17.3 Å². The third-order valence-electron chi connectivity index (χ3n) is 2.32. The first-order valence-corrected chi connectivity index (χ1v) is 5.28. The maximum Gasteiger partial charge on any atom is 0.224 e. The van der Waals surface area contributed by atoms with Crippen LogP contribution in [-0.2, 0) is 9.53 Å². The van der Waals surface area contributed by atoms with Gasteiger partial charge in [-0.1, -0.05) is 6.07 Å². The molecule has 1 aromatic rings. The molecule has 1 amide bonds. The van der Waals surface area contributed by atoms with Crippen LogP contribution in [0.1, 0.15) is 18.4 Å². The normalized spacial score (nSPS) is 10.1. The second-order valence-corrected chi connectivity index (χ2v) is 3.72. The predicted octanol–water partition coefficient (Wildman–Crippen LogP) is 1.94. The first kappa shape index (κ1) is 12.5. The molecule has 0 aliphatic rings. The molecule has 4 heteroatoms. The number of methoxy groups -OCH3 is 1. The fourth-order valence-corrected chi connectivity index (χ4v) is 1.32. The van der Waals surface area contributed by atoms with Crippen molar-refractivity contribution in [3.63, 3.8) is 0 Å². The van der Waals surface area contributed by atoms with E-state index in [1.54, 1.807) is 13.2 Å². The molecule has 88 valence electrons. The van der Waals surface area contributed by atoms with Crippen LogP contribution >= 0.6 is 0 Å². The Hall–Kier alpha value is -1.55. The zero-order valence-electron chi connectivity index (χ0n) is 9.75. The zero-order chi connectivity index (χ0) is 12.0. The third kappa shape index (κ3) is 3.90. The fraction of sp³-hybridized carbons (Fsp3) is 0.417. The number of nitrogens with two attached hydrogens (primary N) is 1. The summed E-state index contributed by atoms with van der Waals surface area (Å²) in [6.07, 6.45) is 1.19. The third-order valence-corrected chi connectivity index (χ3v) is 2.32. The highest BCUT2D eigenvalue weighted by atomic mass is 16.5. The van der Waals surface area contributed by atoms with E-state index < -0.39 is 0 Å². The molecule has 16 heavy (non-hydrogen) atoms. The largest absolute Gasteiger partial charge is 0.398 e. The number of rotatable bonds is 5. The van der Waals surface area contributed by atoms with Gasteiger partial charge in [0, 0.05) is 31.5 Å². The van der Waals surface area contributed by atoms with Crippen molar-refractivity contribution in [1.82, 2.24) is 0 Å². The Balaban J connectivity index is 2.46. The van der Waals surface area contributed by atoms with E-state index in [1.165, 1.54) is 0 Å². The smallest absolute Gasteiger partial charge is 0.224 e. The van der Waals surface area contributed by atoms with Gasteiger partial charge in [-0.25, -0.2) is 0 Å². The van der Waals surface area contributed by atoms with Crippen molar-refractivity contribution < 1.29 is 9.53 Å². The minimum absolute atomic E-state index is 0.0136. The Morgan fingerprint density at radius 3 is 2.88 bits per heavy atom. The number of anilines is 2. The molecule has 0 aliphatic heterocycles. The molecule has 1 rings (SSSR count). The Morgan fingerprint density at radius 1 is 1.50 bits per heavy atom. The summed E-state index contributed by atoms with van der Waals surface area (Å²) in [7, 11) is 1.62. The van der Waals surface area contributed by atoms with E-state index in [1.807, 2.05) is 19.1 Å². The fourth-order valence-electron chi connectivity index (χ4n) is 1.32. The van der Waals surface area contributed by atoms with E-state index in [0.717, 1.165) is 17.7 Å². The summed E-state index contributed by atoms with van der Waals surface area (Å²) in [5.41, 5.74) is 8.19. The van der Waals surface area contributed by atoms with Crippen molar-refractivity contribution in [2.45, 2.75) is 19.8 Å². The van der Waals surface area contributed by atoms with Crippen molar-refractivity contribution in [1.29, 1.82) is 0 Å². The number of ether oxygens (including phenoxy) is 1. The van der Waals surface area contributed by atoms with E-state index in [2.05, 4.69) is 5.32 Å². The van der Waals surface area contributed by atoms with Crippen LogP contribution in [-0.4, -0.2) is 19.6 Å². The summed E-state index contributed by atoms with van der Waals surface area (Å²) < 4.78 is 4.88. The van der Waals surface area contributed by atoms with Crippen molar-refractivity contribution in [3.05, 3.63) is 23.8 Å². The van der Waals surface area contributed by atoms with Crippen LogP contribution in [0, 0.1) is 6.92 Å². The molecule has 0 spiro atoms. The van der Waals surface area contributed by atoms with Gasteiger partial charge >= 0.3 is 0 Å². The first-order chi connectivity index (χ1) is 7.63. The van der Waals surface area contributed by atoms with Gasteiger partial charge in [-0.15, -0.1) is 0 Å². The number of aryl methyl sites for hydroxylation is 1. The van der Waals surface area contributed by atoms with Gasteiger partial charge in [-0.2, -0.15) is 0 Å². The van der Waals surface area contributed by atoms with E-state index in [0.29, 0.717) is 18.7 Å². The quantitative estimate of drug-likeness (QED) is 0.591. The lowest BCUT2D eigenvalue weighted by molar-refractivity contribution is -0.116. The van der Waals surface area contributed by atoms with Gasteiger partial charge in [0.25, 0.3) is 0 Å². The first-order valence-electron chi connectivity index (χ1n) is 5.28. The molecule has 0 bridgehead atoms. The summed E-state index contributed by atoms with van der Waals surface area (Å²) in [4.78, 5) is 11.5. The number of hydrogen-bond acceptors (Lipinski definition) is 3. The number of hydrogen-bond donors (Lipinski definition) is 2. The topological polar surface area (TPSA) is 64.3 Å². The maximum atomic E-state index is 11.5. The molecule has 0 unspecified atom stereocenters. The van der Waals surface area contributed by atoms with Crippen LogP contribution in [0.5, 0.6) is 0 Å². The highest BCUT2D eigenvalue weighted by Crippen LogP contribution is 2.17. The molecule has 0 aromatic heterocycles. The SMILES string of the molecule is COCCCC(=O)Nc1ccc(C)c(N)c1. The van der Waals surface area contributed by atoms with Gasteiger partial charge < -0.3 is 15.8 Å². The van der Waals surface area contributed by atoms with Crippen molar-refractivity contribution in [2.24, 2.45) is 0 Å². The van der Waals surface area contributed by atoms with Crippen molar-refractivity contribution in [3.8, 4) is 0 Å². The number of amides is 1. The number of nitrogen functional groups attached to an aromatic ring is 1. The van der Waals surface area contributed by atoms with Crippen LogP contribution in [0.3, 0.4) is 0 Å². The summed E-state index contributed by atoms with van der Waals surface area (Å²) >= 11 is 0. The summed E-state index contributed by atoms with van der Waals surface area (Å²) in [6, 6.07) is 5.50. The summed E-state index contributed by atoms with van der Waals surface area (Å²) in [5.74, 6) is -0.0136. The highest BCUT2D eigenvalue weighted by molar-refractivity contribution is 5.91. The molecule has 0 fully saturated rings. The lowest BCUT2D eigenvalue weighted by Crippen LogP contribution is -2.12. The Kier molecular flexibility index (Phi) is 4.79. The predicted molar refractivity (Wildman–Crippen MR) is 65.3 cm³/mol. The molecule has 0 aliphatic carbocycles. The summed E-state index contributed by atoms with van der Waals surface area (Å²) in [6.45, 7) is 2.53. The van der Waals surface area contributed by atoms with E-state index in [4.69, 9.17) is 10.5 Å². The lowest BCUT2D eigenvalue weighted by atomic mass is 10.2. The monoisotopic (exact) mass is 222 g/mol. The summed E-state index contributed by atoms with van der Waals surface area (Å²) in [5, 5.41) is 2.79. The lowest BCUT2D eigenvalue weighted by Gasteiger charge is -2.07. The van der Waals surface area contributed by atoms with Crippen LogP contribution in [0.2, 0.25) is 0 Å².